The van der Waals surface area contributed by atoms with Crippen molar-refractivity contribution in [2.24, 2.45) is 0 Å². The number of methoxy groups -OCH3 is 1. The summed E-state index contributed by atoms with van der Waals surface area (Å²) in [7, 11) is 1.33. The summed E-state index contributed by atoms with van der Waals surface area (Å²) in [6.45, 7) is 0.694. The van der Waals surface area contributed by atoms with Crippen LogP contribution >= 0.6 is 0 Å². The molecule has 1 N–H and O–H groups in total. The Morgan fingerprint density at radius 2 is 2.35 bits per heavy atom. The maximum absolute atomic E-state index is 10.9. The Hall–Kier alpha value is -1.62. The van der Waals surface area contributed by atoms with Crippen LogP contribution in [0.1, 0.15) is 18.5 Å². The van der Waals surface area contributed by atoms with Gasteiger partial charge in [0.1, 0.15) is 5.75 Å². The van der Waals surface area contributed by atoms with Crippen molar-refractivity contribution in [3.8, 4) is 5.75 Å². The molecule has 92 valence electrons. The maximum Gasteiger partial charge on any atom is 0.343 e. The van der Waals surface area contributed by atoms with E-state index in [1.807, 2.05) is 6.07 Å². The highest BCUT2D eigenvalue weighted by molar-refractivity contribution is 5.70. The van der Waals surface area contributed by atoms with Crippen LogP contribution in [0.2, 0.25) is 0 Å². The predicted molar refractivity (Wildman–Crippen MR) is 61.6 cm³/mol. The van der Waals surface area contributed by atoms with Gasteiger partial charge in [-0.05, 0) is 25.0 Å². The number of carbonyl (C=O) groups is 1. The van der Waals surface area contributed by atoms with Crippen molar-refractivity contribution in [2.45, 2.75) is 25.4 Å². The first-order chi connectivity index (χ1) is 8.28. The second kappa shape index (κ2) is 5.63. The van der Waals surface area contributed by atoms with Crippen LogP contribution in [0.25, 0.3) is 0 Å². The van der Waals surface area contributed by atoms with Gasteiger partial charge in [0.15, 0.2) is 6.61 Å². The zero-order chi connectivity index (χ0) is 12.1. The average Bonchev–Trinajstić information content (AvgIpc) is 3.18. The Bertz CT molecular complexity index is 374. The number of nitrogens with zero attached hydrogens (tertiary/aromatic N) is 1. The molecule has 0 radical (unpaired) electrons. The van der Waals surface area contributed by atoms with Crippen LogP contribution in [0.4, 0.5) is 0 Å². The number of rotatable bonds is 6. The number of hydrogen-bond acceptors (Lipinski definition) is 5. The molecule has 0 saturated heterocycles. The van der Waals surface area contributed by atoms with Crippen LogP contribution in [0.15, 0.2) is 18.3 Å². The minimum atomic E-state index is -0.399. The highest BCUT2D eigenvalue weighted by Gasteiger charge is 2.20. The van der Waals surface area contributed by atoms with Crippen LogP contribution in [-0.2, 0) is 16.1 Å². The Kier molecular flexibility index (Phi) is 3.93. The van der Waals surface area contributed by atoms with Gasteiger partial charge in [-0.2, -0.15) is 0 Å². The third-order valence-corrected chi connectivity index (χ3v) is 2.53. The Morgan fingerprint density at radius 3 is 2.94 bits per heavy atom. The highest BCUT2D eigenvalue weighted by atomic mass is 16.6. The fraction of sp³-hybridized carbons (Fsp3) is 0.500. The zero-order valence-corrected chi connectivity index (χ0v) is 9.81. The van der Waals surface area contributed by atoms with Crippen LogP contribution < -0.4 is 10.1 Å². The van der Waals surface area contributed by atoms with Crippen LogP contribution in [0.5, 0.6) is 5.75 Å². The van der Waals surface area contributed by atoms with Gasteiger partial charge in [0.2, 0.25) is 0 Å². The second-order valence-corrected chi connectivity index (χ2v) is 4.01. The van der Waals surface area contributed by atoms with Gasteiger partial charge >= 0.3 is 5.97 Å². The van der Waals surface area contributed by atoms with Gasteiger partial charge in [-0.3, -0.25) is 4.98 Å². The van der Waals surface area contributed by atoms with Crippen LogP contribution in [0, 0.1) is 0 Å². The standard InChI is InChI=1S/C12H16N2O3/c1-16-12(15)8-17-11-5-4-10(14-7-11)6-13-9-2-3-9/h4-5,7,9,13H,2-3,6,8H2,1H3. The normalized spacial score (nSPS) is 14.4. The summed E-state index contributed by atoms with van der Waals surface area (Å²) in [4.78, 5) is 15.1. The van der Waals surface area contributed by atoms with E-state index in [9.17, 15) is 4.79 Å². The number of nitrogens with one attached hydrogen (secondary N) is 1. The number of ether oxygens (including phenoxy) is 2. The average molecular weight is 236 g/mol. The summed E-state index contributed by atoms with van der Waals surface area (Å²) in [5.74, 6) is 0.176. The minimum absolute atomic E-state index is 0.0855. The van der Waals surface area contributed by atoms with Gasteiger partial charge in [-0.15, -0.1) is 0 Å². The zero-order valence-electron chi connectivity index (χ0n) is 9.81. The smallest absolute Gasteiger partial charge is 0.343 e. The van der Waals surface area contributed by atoms with E-state index in [4.69, 9.17) is 4.74 Å². The Morgan fingerprint density at radius 1 is 1.53 bits per heavy atom. The lowest BCUT2D eigenvalue weighted by Crippen LogP contribution is -2.16. The summed E-state index contributed by atoms with van der Waals surface area (Å²) in [5.41, 5.74) is 0.974. The molecule has 1 aliphatic rings. The molecule has 0 amide bonds. The highest BCUT2D eigenvalue weighted by Crippen LogP contribution is 2.19. The number of esters is 1. The lowest BCUT2D eigenvalue weighted by Gasteiger charge is -2.06. The summed E-state index contributed by atoms with van der Waals surface area (Å²) in [5, 5.41) is 3.37. The molecule has 1 aliphatic carbocycles. The van der Waals surface area contributed by atoms with E-state index >= 15 is 0 Å². The first-order valence-corrected chi connectivity index (χ1v) is 5.66. The van der Waals surface area contributed by atoms with E-state index in [0.29, 0.717) is 11.8 Å². The SMILES string of the molecule is COC(=O)COc1ccc(CNC2CC2)nc1. The number of pyridine rings is 1. The van der Waals surface area contributed by atoms with Crippen molar-refractivity contribution in [1.29, 1.82) is 0 Å². The first-order valence-electron chi connectivity index (χ1n) is 5.66. The van der Waals surface area contributed by atoms with Crippen molar-refractivity contribution >= 4 is 5.97 Å². The molecule has 0 aromatic carbocycles. The fourth-order valence-electron chi connectivity index (χ4n) is 1.34. The molecule has 5 heteroatoms. The van der Waals surface area contributed by atoms with E-state index in [1.165, 1.54) is 20.0 Å². The molecule has 0 aliphatic heterocycles. The molecule has 0 unspecified atom stereocenters. The molecule has 1 aromatic heterocycles. The molecule has 0 bridgehead atoms. The van der Waals surface area contributed by atoms with Crippen LogP contribution in [0.3, 0.4) is 0 Å². The van der Waals surface area contributed by atoms with Gasteiger partial charge < -0.3 is 14.8 Å². The molecule has 1 aromatic rings. The van der Waals surface area contributed by atoms with E-state index < -0.39 is 5.97 Å². The molecule has 5 nitrogen and oxygen atoms in total. The van der Waals surface area contributed by atoms with Crippen molar-refractivity contribution < 1.29 is 14.3 Å². The maximum atomic E-state index is 10.9. The lowest BCUT2D eigenvalue weighted by atomic mass is 10.3. The molecule has 2 rings (SSSR count). The topological polar surface area (TPSA) is 60.5 Å². The van der Waals surface area contributed by atoms with E-state index in [2.05, 4.69) is 15.0 Å². The van der Waals surface area contributed by atoms with Gasteiger partial charge in [-0.25, -0.2) is 4.79 Å². The third kappa shape index (κ3) is 4.03. The fourth-order valence-corrected chi connectivity index (χ4v) is 1.34. The Balaban J connectivity index is 1.77. The summed E-state index contributed by atoms with van der Waals surface area (Å²) in [6, 6.07) is 4.37. The summed E-state index contributed by atoms with van der Waals surface area (Å²) in [6.07, 6.45) is 4.15. The van der Waals surface area contributed by atoms with Gasteiger partial charge in [0.25, 0.3) is 0 Å². The predicted octanol–water partition coefficient (Wildman–Crippen LogP) is 0.885. The quantitative estimate of drug-likeness (QED) is 0.743. The molecule has 0 spiro atoms. The summed E-state index contributed by atoms with van der Waals surface area (Å²) >= 11 is 0. The number of aromatic nitrogens is 1. The molecular formula is C12H16N2O3. The molecule has 0 atom stereocenters. The number of carbonyl (C=O) groups excluding carboxylic acids is 1. The molecular weight excluding hydrogens is 220 g/mol. The van der Waals surface area contributed by atoms with Crippen molar-refractivity contribution in [1.82, 2.24) is 10.3 Å². The lowest BCUT2D eigenvalue weighted by molar-refractivity contribution is -0.142. The monoisotopic (exact) mass is 236 g/mol. The second-order valence-electron chi connectivity index (χ2n) is 4.01. The van der Waals surface area contributed by atoms with Gasteiger partial charge in [-0.1, -0.05) is 0 Å². The first kappa shape index (κ1) is 11.9. The Labute approximate surface area is 100 Å². The van der Waals surface area contributed by atoms with Crippen molar-refractivity contribution in [3.63, 3.8) is 0 Å². The summed E-state index contributed by atoms with van der Waals surface area (Å²) < 4.78 is 9.67. The van der Waals surface area contributed by atoms with Gasteiger partial charge in [0, 0.05) is 12.6 Å². The minimum Gasteiger partial charge on any atom is -0.480 e. The molecule has 1 saturated carbocycles. The van der Waals surface area contributed by atoms with Crippen molar-refractivity contribution in [2.75, 3.05) is 13.7 Å². The van der Waals surface area contributed by atoms with E-state index in [0.717, 1.165) is 12.2 Å². The molecule has 1 heterocycles. The largest absolute Gasteiger partial charge is 0.480 e. The van der Waals surface area contributed by atoms with Gasteiger partial charge in [0.05, 0.1) is 19.0 Å². The van der Waals surface area contributed by atoms with E-state index in [-0.39, 0.29) is 6.61 Å². The van der Waals surface area contributed by atoms with Crippen LogP contribution in [-0.4, -0.2) is 30.7 Å². The number of hydrogen-bond donors (Lipinski definition) is 1. The molecule has 1 fully saturated rings. The van der Waals surface area contributed by atoms with Crippen molar-refractivity contribution in [3.05, 3.63) is 24.0 Å². The third-order valence-electron chi connectivity index (χ3n) is 2.53. The molecule has 17 heavy (non-hydrogen) atoms. The van der Waals surface area contributed by atoms with E-state index in [1.54, 1.807) is 12.3 Å².